The second-order valence-corrected chi connectivity index (χ2v) is 2.92. The highest BCUT2D eigenvalue weighted by atomic mass is 16.5. The van der Waals surface area contributed by atoms with Crippen molar-refractivity contribution in [2.24, 2.45) is 0 Å². The molecule has 0 fully saturated rings. The number of benzene rings is 1. The molecule has 0 N–H and O–H groups in total. The van der Waals surface area contributed by atoms with Gasteiger partial charge in [0.05, 0.1) is 18.2 Å². The molecule has 3 nitrogen and oxygen atoms in total. The summed E-state index contributed by atoms with van der Waals surface area (Å²) in [6.45, 7) is 3.88. The number of ketones is 1. The first-order valence-electron chi connectivity index (χ1n) is 4.50. The summed E-state index contributed by atoms with van der Waals surface area (Å²) < 4.78 is 5.02. The van der Waals surface area contributed by atoms with Crippen molar-refractivity contribution in [3.63, 3.8) is 0 Å². The Hall–Kier alpha value is -1.92. The number of carbonyl (C=O) groups is 1. The lowest BCUT2D eigenvalue weighted by Gasteiger charge is -2.00. The van der Waals surface area contributed by atoms with Gasteiger partial charge < -0.3 is 4.74 Å². The summed E-state index contributed by atoms with van der Waals surface area (Å²) in [5, 5.41) is 8.57. The lowest BCUT2D eigenvalue weighted by Crippen LogP contribution is -2.08. The van der Waals surface area contributed by atoms with E-state index in [-0.39, 0.29) is 12.4 Å². The fraction of sp³-hybridized carbons (Fsp3) is 0.167. The van der Waals surface area contributed by atoms with Gasteiger partial charge in [0.25, 0.3) is 0 Å². The summed E-state index contributed by atoms with van der Waals surface area (Å²) in [6, 6.07) is 8.46. The quantitative estimate of drug-likeness (QED) is 0.415. The normalized spacial score (nSPS) is 9.27. The van der Waals surface area contributed by atoms with E-state index in [2.05, 4.69) is 6.58 Å². The number of hydrogen-bond donors (Lipinski definition) is 0. The van der Waals surface area contributed by atoms with E-state index in [1.807, 2.05) is 6.07 Å². The number of carbonyl (C=O) groups excluding carboxylic acids is 1. The summed E-state index contributed by atoms with van der Waals surface area (Å²) in [4.78, 5) is 11.5. The number of hydrogen-bond acceptors (Lipinski definition) is 3. The molecule has 0 atom stereocenters. The van der Waals surface area contributed by atoms with Gasteiger partial charge in [-0.15, -0.1) is 6.58 Å². The van der Waals surface area contributed by atoms with Crippen LogP contribution >= 0.6 is 0 Å². The zero-order valence-corrected chi connectivity index (χ0v) is 8.27. The van der Waals surface area contributed by atoms with Crippen LogP contribution < -0.4 is 0 Å². The minimum atomic E-state index is -0.0960. The van der Waals surface area contributed by atoms with Crippen molar-refractivity contribution in [3.05, 3.63) is 48.0 Å². The lowest BCUT2D eigenvalue weighted by molar-refractivity contribution is 0.0806. The van der Waals surface area contributed by atoms with E-state index in [0.717, 1.165) is 0 Å². The van der Waals surface area contributed by atoms with Crippen LogP contribution in [-0.4, -0.2) is 19.0 Å². The fourth-order valence-corrected chi connectivity index (χ4v) is 1.05. The second-order valence-electron chi connectivity index (χ2n) is 2.92. The average molecular weight is 201 g/mol. The molecule has 0 aliphatic heterocycles. The van der Waals surface area contributed by atoms with E-state index in [1.165, 1.54) is 0 Å². The van der Waals surface area contributed by atoms with Gasteiger partial charge in [-0.2, -0.15) is 5.26 Å². The first kappa shape index (κ1) is 11.2. The van der Waals surface area contributed by atoms with Gasteiger partial charge in [0, 0.05) is 5.56 Å². The molecule has 1 aromatic rings. The monoisotopic (exact) mass is 201 g/mol. The maximum absolute atomic E-state index is 11.5. The molecule has 3 heteroatoms. The van der Waals surface area contributed by atoms with Crippen molar-refractivity contribution in [2.45, 2.75) is 0 Å². The van der Waals surface area contributed by atoms with Crippen LogP contribution in [0.4, 0.5) is 0 Å². The van der Waals surface area contributed by atoms with Gasteiger partial charge in [-0.25, -0.2) is 0 Å². The van der Waals surface area contributed by atoms with Crippen LogP contribution in [0.25, 0.3) is 0 Å². The van der Waals surface area contributed by atoms with Crippen molar-refractivity contribution in [2.75, 3.05) is 13.2 Å². The third kappa shape index (κ3) is 3.37. The molecule has 1 rings (SSSR count). The van der Waals surface area contributed by atoms with Crippen molar-refractivity contribution < 1.29 is 9.53 Å². The molecular weight excluding hydrogens is 190 g/mol. The summed E-state index contributed by atoms with van der Waals surface area (Å²) in [5.74, 6) is -0.0960. The molecule has 15 heavy (non-hydrogen) atoms. The number of rotatable bonds is 5. The standard InChI is InChI=1S/C12H11NO2/c1-2-7-15-9-12(14)11-5-3-10(8-13)4-6-11/h2-6H,1,7,9H2. The minimum absolute atomic E-state index is 0.0396. The number of Topliss-reactive ketones (excluding diaryl/α,β-unsaturated/α-hetero) is 1. The zero-order valence-electron chi connectivity index (χ0n) is 8.27. The third-order valence-corrected chi connectivity index (χ3v) is 1.80. The molecule has 0 unspecified atom stereocenters. The summed E-state index contributed by atoms with van der Waals surface area (Å²) >= 11 is 0. The van der Waals surface area contributed by atoms with Gasteiger partial charge in [-0.1, -0.05) is 18.2 Å². The summed E-state index contributed by atoms with van der Waals surface area (Å²) in [6.07, 6.45) is 1.59. The van der Waals surface area contributed by atoms with Gasteiger partial charge >= 0.3 is 0 Å². The zero-order chi connectivity index (χ0) is 11.1. The van der Waals surface area contributed by atoms with E-state index < -0.39 is 0 Å². The minimum Gasteiger partial charge on any atom is -0.369 e. The average Bonchev–Trinajstić information content (AvgIpc) is 2.29. The van der Waals surface area contributed by atoms with Gasteiger partial charge in [-0.05, 0) is 12.1 Å². The third-order valence-electron chi connectivity index (χ3n) is 1.80. The van der Waals surface area contributed by atoms with E-state index >= 15 is 0 Å². The predicted octanol–water partition coefficient (Wildman–Crippen LogP) is 1.94. The van der Waals surface area contributed by atoms with Gasteiger partial charge in [-0.3, -0.25) is 4.79 Å². The second kappa shape index (κ2) is 5.74. The topological polar surface area (TPSA) is 50.1 Å². The molecular formula is C12H11NO2. The summed E-state index contributed by atoms with van der Waals surface area (Å²) in [7, 11) is 0. The van der Waals surface area contributed by atoms with E-state index in [4.69, 9.17) is 10.00 Å². The number of ether oxygens (including phenoxy) is 1. The van der Waals surface area contributed by atoms with Crippen molar-refractivity contribution in [1.29, 1.82) is 5.26 Å². The molecule has 0 aliphatic rings. The molecule has 0 radical (unpaired) electrons. The Bertz CT molecular complexity index is 387. The van der Waals surface area contributed by atoms with Crippen LogP contribution in [0.3, 0.4) is 0 Å². The predicted molar refractivity (Wildman–Crippen MR) is 56.5 cm³/mol. The Morgan fingerprint density at radius 1 is 1.47 bits per heavy atom. The van der Waals surface area contributed by atoms with E-state index in [0.29, 0.717) is 17.7 Å². The molecule has 0 saturated carbocycles. The van der Waals surface area contributed by atoms with Crippen molar-refractivity contribution in [3.8, 4) is 6.07 Å². The Balaban J connectivity index is 2.59. The first-order valence-corrected chi connectivity index (χ1v) is 4.50. The highest BCUT2D eigenvalue weighted by molar-refractivity contribution is 5.97. The van der Waals surface area contributed by atoms with E-state index in [9.17, 15) is 4.79 Å². The largest absolute Gasteiger partial charge is 0.369 e. The van der Waals surface area contributed by atoms with Crippen LogP contribution in [0.1, 0.15) is 15.9 Å². The molecule has 0 aromatic heterocycles. The number of nitriles is 1. The van der Waals surface area contributed by atoms with Gasteiger partial charge in [0.15, 0.2) is 5.78 Å². The SMILES string of the molecule is C=CCOCC(=O)c1ccc(C#N)cc1. The van der Waals surface area contributed by atoms with Gasteiger partial charge in [0.2, 0.25) is 0 Å². The van der Waals surface area contributed by atoms with Crippen LogP contribution in [0.2, 0.25) is 0 Å². The molecule has 0 aliphatic carbocycles. The molecule has 0 spiro atoms. The van der Waals surface area contributed by atoms with E-state index in [1.54, 1.807) is 30.3 Å². The van der Waals surface area contributed by atoms with Crippen molar-refractivity contribution >= 4 is 5.78 Å². The van der Waals surface area contributed by atoms with Crippen LogP contribution in [0, 0.1) is 11.3 Å². The summed E-state index contributed by atoms with van der Waals surface area (Å²) in [5.41, 5.74) is 1.09. The van der Waals surface area contributed by atoms with Crippen molar-refractivity contribution in [1.82, 2.24) is 0 Å². The Labute approximate surface area is 88.6 Å². The number of nitrogens with zero attached hydrogens (tertiary/aromatic N) is 1. The highest BCUT2D eigenvalue weighted by Gasteiger charge is 2.04. The Morgan fingerprint density at radius 3 is 2.67 bits per heavy atom. The van der Waals surface area contributed by atoms with Gasteiger partial charge in [0.1, 0.15) is 6.61 Å². The molecule has 0 heterocycles. The highest BCUT2D eigenvalue weighted by Crippen LogP contribution is 2.04. The first-order chi connectivity index (χ1) is 7.27. The van der Waals surface area contributed by atoms with Crippen LogP contribution in [-0.2, 0) is 4.74 Å². The maximum atomic E-state index is 11.5. The molecule has 76 valence electrons. The molecule has 0 saturated heterocycles. The fourth-order valence-electron chi connectivity index (χ4n) is 1.05. The Morgan fingerprint density at radius 2 is 2.13 bits per heavy atom. The Kier molecular flexibility index (Phi) is 4.27. The smallest absolute Gasteiger partial charge is 0.188 e. The maximum Gasteiger partial charge on any atom is 0.188 e. The van der Waals surface area contributed by atoms with Crippen LogP contribution in [0.15, 0.2) is 36.9 Å². The molecule has 1 aromatic carbocycles. The molecule has 0 amide bonds. The molecule has 0 bridgehead atoms. The van der Waals surface area contributed by atoms with Crippen LogP contribution in [0.5, 0.6) is 0 Å². The lowest BCUT2D eigenvalue weighted by atomic mass is 10.1.